The monoisotopic (exact) mass is 671 g/mol. The third-order valence-corrected chi connectivity index (χ3v) is 9.70. The molecule has 2 heterocycles. The fourth-order valence-corrected chi connectivity index (χ4v) is 6.98. The Morgan fingerprint density at radius 3 is 2.59 bits per heavy atom. The number of fused-ring (bicyclic) bond motifs is 1. The Bertz CT molecular complexity index is 1890. The standard InChI is InChI=1S/C34H34ClN7O2S2/c1-41(2)19-24(42(3)4)14-32(43)39-28-15-25-27(16-30(28)44-5)37-18-22(17-36)33(25)38-23-11-12-31(26(35)13-23)46-34-40-29(20-45-34)21-9-7-6-8-10-21/h6-13,15-16,18,20,24H,14,19H2,1-5H3,(H,37,38)(H,39,43). The summed E-state index contributed by atoms with van der Waals surface area (Å²) in [5, 5.41) is 19.6. The Kier molecular flexibility index (Phi) is 10.8. The zero-order valence-electron chi connectivity index (χ0n) is 26.2. The van der Waals surface area contributed by atoms with Gasteiger partial charge in [0.15, 0.2) is 4.34 Å². The van der Waals surface area contributed by atoms with Crippen LogP contribution in [0.4, 0.5) is 17.1 Å². The zero-order chi connectivity index (χ0) is 32.8. The molecule has 0 aliphatic heterocycles. The molecule has 5 rings (SSSR count). The van der Waals surface area contributed by atoms with E-state index < -0.39 is 0 Å². The van der Waals surface area contributed by atoms with E-state index in [1.165, 1.54) is 18.0 Å². The number of likely N-dealkylation sites (N-methyl/N-ethyl adjacent to an activating group) is 2. The molecule has 0 radical (unpaired) electrons. The van der Waals surface area contributed by atoms with Gasteiger partial charge in [-0.2, -0.15) is 5.26 Å². The third kappa shape index (κ3) is 7.96. The minimum atomic E-state index is -0.145. The molecule has 1 atom stereocenters. The minimum Gasteiger partial charge on any atom is -0.494 e. The number of nitrogens with zero attached hydrogens (tertiary/aromatic N) is 5. The number of carbonyl (C=O) groups is 1. The highest BCUT2D eigenvalue weighted by atomic mass is 35.5. The van der Waals surface area contributed by atoms with Gasteiger partial charge in [-0.05, 0) is 52.5 Å². The van der Waals surface area contributed by atoms with Gasteiger partial charge in [-0.1, -0.05) is 53.7 Å². The minimum absolute atomic E-state index is 0.0259. The van der Waals surface area contributed by atoms with Crippen molar-refractivity contribution < 1.29 is 9.53 Å². The third-order valence-electron chi connectivity index (χ3n) is 7.26. The van der Waals surface area contributed by atoms with Crippen LogP contribution in [0, 0.1) is 11.3 Å². The molecule has 1 amide bonds. The van der Waals surface area contributed by atoms with Gasteiger partial charge in [0.05, 0.1) is 40.3 Å². The second kappa shape index (κ2) is 14.9. The maximum absolute atomic E-state index is 13.2. The van der Waals surface area contributed by atoms with E-state index in [1.807, 2.05) is 87.0 Å². The van der Waals surface area contributed by atoms with E-state index in [4.69, 9.17) is 21.3 Å². The number of benzene rings is 3. The number of anilines is 3. The first-order valence-corrected chi connectivity index (χ1v) is 16.5. The molecule has 0 aliphatic carbocycles. The van der Waals surface area contributed by atoms with Crippen molar-refractivity contribution in [3.63, 3.8) is 0 Å². The summed E-state index contributed by atoms with van der Waals surface area (Å²) < 4.78 is 6.49. The normalized spacial score (nSPS) is 11.9. The van der Waals surface area contributed by atoms with E-state index in [-0.39, 0.29) is 11.9 Å². The first-order valence-electron chi connectivity index (χ1n) is 14.4. The lowest BCUT2D eigenvalue weighted by Crippen LogP contribution is -2.40. The van der Waals surface area contributed by atoms with Crippen LogP contribution in [0.1, 0.15) is 12.0 Å². The number of carbonyl (C=O) groups excluding carboxylic acids is 1. The molecule has 3 aromatic carbocycles. The molecular weight excluding hydrogens is 638 g/mol. The lowest BCUT2D eigenvalue weighted by atomic mass is 10.1. The smallest absolute Gasteiger partial charge is 0.226 e. The van der Waals surface area contributed by atoms with Gasteiger partial charge >= 0.3 is 0 Å². The van der Waals surface area contributed by atoms with Crippen molar-refractivity contribution in [3.8, 4) is 23.1 Å². The number of rotatable bonds is 12. The topological polar surface area (TPSA) is 106 Å². The number of thiazole rings is 1. The van der Waals surface area contributed by atoms with Crippen LogP contribution in [0.2, 0.25) is 5.02 Å². The van der Waals surface area contributed by atoms with E-state index in [1.54, 1.807) is 30.6 Å². The van der Waals surface area contributed by atoms with E-state index in [0.29, 0.717) is 50.7 Å². The molecule has 2 N–H and O–H groups in total. The van der Waals surface area contributed by atoms with Crippen LogP contribution in [-0.4, -0.2) is 73.6 Å². The molecule has 236 valence electrons. The van der Waals surface area contributed by atoms with Crippen molar-refractivity contribution in [2.24, 2.45) is 0 Å². The van der Waals surface area contributed by atoms with Crippen molar-refractivity contribution in [2.45, 2.75) is 21.7 Å². The molecule has 9 nitrogen and oxygen atoms in total. The lowest BCUT2D eigenvalue weighted by Gasteiger charge is -2.27. The fraction of sp³-hybridized carbons (Fsp3) is 0.235. The number of hydrogen-bond acceptors (Lipinski definition) is 10. The molecule has 0 saturated heterocycles. The lowest BCUT2D eigenvalue weighted by molar-refractivity contribution is -0.117. The molecule has 5 aromatic rings. The van der Waals surface area contributed by atoms with Gasteiger partial charge in [0.2, 0.25) is 5.91 Å². The number of hydrogen-bond donors (Lipinski definition) is 2. The molecule has 0 spiro atoms. The second-order valence-corrected chi connectivity index (χ2v) is 13.7. The van der Waals surface area contributed by atoms with E-state index in [2.05, 4.69) is 26.6 Å². The average Bonchev–Trinajstić information content (AvgIpc) is 3.51. The van der Waals surface area contributed by atoms with Crippen LogP contribution in [0.3, 0.4) is 0 Å². The molecule has 0 fully saturated rings. The van der Waals surface area contributed by atoms with Gasteiger partial charge in [0.25, 0.3) is 0 Å². The van der Waals surface area contributed by atoms with Crippen LogP contribution in [-0.2, 0) is 4.79 Å². The summed E-state index contributed by atoms with van der Waals surface area (Å²) in [6.45, 7) is 0.733. The average molecular weight is 672 g/mol. The molecule has 0 aliphatic rings. The van der Waals surface area contributed by atoms with Crippen LogP contribution >= 0.6 is 34.7 Å². The van der Waals surface area contributed by atoms with Crippen LogP contribution < -0.4 is 15.4 Å². The Hall–Kier alpha value is -4.18. The maximum atomic E-state index is 13.2. The Balaban J connectivity index is 1.40. The number of ether oxygens (including phenoxy) is 1. The zero-order valence-corrected chi connectivity index (χ0v) is 28.6. The van der Waals surface area contributed by atoms with Gasteiger partial charge < -0.3 is 25.2 Å². The van der Waals surface area contributed by atoms with Crippen LogP contribution in [0.25, 0.3) is 22.2 Å². The number of methoxy groups -OCH3 is 1. The Morgan fingerprint density at radius 1 is 1.13 bits per heavy atom. The molecule has 2 aromatic heterocycles. The first-order chi connectivity index (χ1) is 22.1. The summed E-state index contributed by atoms with van der Waals surface area (Å²) in [4.78, 5) is 27.4. The highest BCUT2D eigenvalue weighted by Gasteiger charge is 2.20. The van der Waals surface area contributed by atoms with Crippen molar-refractivity contribution in [2.75, 3.05) is 52.5 Å². The highest BCUT2D eigenvalue weighted by molar-refractivity contribution is 8.01. The largest absolute Gasteiger partial charge is 0.494 e. The quantitative estimate of drug-likeness (QED) is 0.139. The van der Waals surface area contributed by atoms with Crippen LogP contribution in [0.15, 0.2) is 81.5 Å². The highest BCUT2D eigenvalue weighted by Crippen LogP contribution is 2.40. The van der Waals surface area contributed by atoms with Crippen molar-refractivity contribution >= 4 is 68.6 Å². The summed E-state index contributed by atoms with van der Waals surface area (Å²) in [6.07, 6.45) is 1.81. The predicted octanol–water partition coefficient (Wildman–Crippen LogP) is 7.61. The number of aromatic nitrogens is 2. The van der Waals surface area contributed by atoms with Crippen molar-refractivity contribution in [3.05, 3.63) is 82.8 Å². The number of halogens is 1. The Morgan fingerprint density at radius 2 is 1.91 bits per heavy atom. The SMILES string of the molecule is COc1cc2ncc(C#N)c(Nc3ccc(Sc4nc(-c5ccccc5)cs4)c(Cl)c3)c2cc1NC(=O)CC(CN(C)C)N(C)C. The molecule has 46 heavy (non-hydrogen) atoms. The number of nitrogens with one attached hydrogen (secondary N) is 2. The maximum Gasteiger partial charge on any atom is 0.226 e. The number of amides is 1. The van der Waals surface area contributed by atoms with Crippen LogP contribution in [0.5, 0.6) is 5.75 Å². The van der Waals surface area contributed by atoms with E-state index in [9.17, 15) is 10.1 Å². The summed E-state index contributed by atoms with van der Waals surface area (Å²) in [5.74, 6) is 0.327. The predicted molar refractivity (Wildman–Crippen MR) is 189 cm³/mol. The molecule has 0 saturated carbocycles. The summed E-state index contributed by atoms with van der Waals surface area (Å²) in [6, 6.07) is 21.5. The van der Waals surface area contributed by atoms with Gasteiger partial charge in [-0.3, -0.25) is 9.78 Å². The van der Waals surface area contributed by atoms with Crippen molar-refractivity contribution in [1.82, 2.24) is 19.8 Å². The van der Waals surface area contributed by atoms with E-state index in [0.717, 1.165) is 27.0 Å². The molecule has 12 heteroatoms. The first kappa shape index (κ1) is 33.2. The van der Waals surface area contributed by atoms with E-state index >= 15 is 0 Å². The summed E-state index contributed by atoms with van der Waals surface area (Å²) in [7, 11) is 9.44. The summed E-state index contributed by atoms with van der Waals surface area (Å²) >= 11 is 9.81. The van der Waals surface area contributed by atoms with Gasteiger partial charge in [0, 0.05) is 58.2 Å². The van der Waals surface area contributed by atoms with Gasteiger partial charge in [-0.15, -0.1) is 11.3 Å². The van der Waals surface area contributed by atoms with Gasteiger partial charge in [0.1, 0.15) is 11.8 Å². The fourth-order valence-electron chi connectivity index (χ4n) is 4.90. The second-order valence-electron chi connectivity index (χ2n) is 11.1. The number of pyridine rings is 1. The van der Waals surface area contributed by atoms with Gasteiger partial charge in [-0.25, -0.2) is 4.98 Å². The summed E-state index contributed by atoms with van der Waals surface area (Å²) in [5.41, 5.74) is 4.68. The molecule has 1 unspecified atom stereocenters. The van der Waals surface area contributed by atoms with Crippen molar-refractivity contribution in [1.29, 1.82) is 5.26 Å². The number of nitriles is 1. The molecule has 0 bridgehead atoms. The Labute approximate surface area is 282 Å². The molecular formula is C34H34ClN7O2S2.